The first-order valence-corrected chi connectivity index (χ1v) is 6.68. The van der Waals surface area contributed by atoms with Crippen LogP contribution in [-0.4, -0.2) is 58.5 Å². The third-order valence-electron chi connectivity index (χ3n) is 4.10. The summed E-state index contributed by atoms with van der Waals surface area (Å²) in [5.41, 5.74) is -1.03. The number of amides is 1. The van der Waals surface area contributed by atoms with Crippen molar-refractivity contribution in [2.24, 2.45) is 5.41 Å². The molecule has 0 radical (unpaired) electrons. The van der Waals surface area contributed by atoms with Crippen molar-refractivity contribution in [3.05, 3.63) is 24.0 Å². The number of nitrogens with zero attached hydrogens (tertiary/aromatic N) is 3. The van der Waals surface area contributed by atoms with E-state index in [9.17, 15) is 9.90 Å². The predicted octanol–water partition coefficient (Wildman–Crippen LogP) is 0.726. The fourth-order valence-corrected chi connectivity index (χ4v) is 2.62. The van der Waals surface area contributed by atoms with Gasteiger partial charge in [0.2, 0.25) is 0 Å². The van der Waals surface area contributed by atoms with Crippen LogP contribution in [0.25, 0.3) is 0 Å². The first-order valence-electron chi connectivity index (χ1n) is 6.68. The average molecular weight is 279 g/mol. The number of aliphatic hydroxyl groups is 1. The molecule has 6 heteroatoms. The van der Waals surface area contributed by atoms with Crippen molar-refractivity contribution < 1.29 is 14.6 Å². The fourth-order valence-electron chi connectivity index (χ4n) is 2.62. The maximum absolute atomic E-state index is 12.4. The molecule has 0 saturated carbocycles. The van der Waals surface area contributed by atoms with E-state index in [4.69, 9.17) is 4.74 Å². The van der Waals surface area contributed by atoms with E-state index in [1.54, 1.807) is 24.1 Å². The van der Waals surface area contributed by atoms with Gasteiger partial charge in [0, 0.05) is 31.8 Å². The zero-order valence-corrected chi connectivity index (χ0v) is 12.2. The molecule has 1 amide bonds. The highest BCUT2D eigenvalue weighted by Gasteiger charge is 2.48. The summed E-state index contributed by atoms with van der Waals surface area (Å²) >= 11 is 0. The molecule has 2 rings (SSSR count). The minimum absolute atomic E-state index is 0.148. The number of rotatable bonds is 3. The van der Waals surface area contributed by atoms with E-state index < -0.39 is 11.0 Å². The SMILES string of the molecule is COC[C@]1(O)CCN(C(=O)c2cccnn2)CC1(C)C. The Kier molecular flexibility index (Phi) is 4.06. The molecule has 0 unspecified atom stereocenters. The van der Waals surface area contributed by atoms with E-state index in [1.807, 2.05) is 13.8 Å². The van der Waals surface area contributed by atoms with Crippen molar-refractivity contribution in [3.8, 4) is 0 Å². The van der Waals surface area contributed by atoms with Crippen molar-refractivity contribution in [3.63, 3.8) is 0 Å². The molecule has 1 aliphatic rings. The van der Waals surface area contributed by atoms with Crippen molar-refractivity contribution in [1.82, 2.24) is 15.1 Å². The van der Waals surface area contributed by atoms with E-state index in [2.05, 4.69) is 10.2 Å². The van der Waals surface area contributed by atoms with Crippen LogP contribution >= 0.6 is 0 Å². The summed E-state index contributed by atoms with van der Waals surface area (Å²) in [5, 5.41) is 18.3. The van der Waals surface area contributed by atoms with Crippen LogP contribution < -0.4 is 0 Å². The van der Waals surface area contributed by atoms with E-state index in [1.165, 1.54) is 6.20 Å². The Morgan fingerprint density at radius 3 is 2.85 bits per heavy atom. The van der Waals surface area contributed by atoms with Gasteiger partial charge < -0.3 is 14.7 Å². The number of carbonyl (C=O) groups is 1. The highest BCUT2D eigenvalue weighted by atomic mass is 16.5. The molecular formula is C14H21N3O3. The number of hydrogen-bond acceptors (Lipinski definition) is 5. The predicted molar refractivity (Wildman–Crippen MR) is 73.2 cm³/mol. The van der Waals surface area contributed by atoms with Gasteiger partial charge in [-0.3, -0.25) is 4.79 Å². The van der Waals surface area contributed by atoms with Crippen molar-refractivity contribution >= 4 is 5.91 Å². The van der Waals surface area contributed by atoms with Crippen LogP contribution in [0.2, 0.25) is 0 Å². The normalized spacial score (nSPS) is 25.5. The van der Waals surface area contributed by atoms with Crippen LogP contribution in [0.15, 0.2) is 18.3 Å². The summed E-state index contributed by atoms with van der Waals surface area (Å²) in [6.07, 6.45) is 2.02. The molecule has 1 aliphatic heterocycles. The van der Waals surface area contributed by atoms with Crippen LogP contribution in [0.4, 0.5) is 0 Å². The molecule has 1 aromatic heterocycles. The maximum Gasteiger partial charge on any atom is 0.274 e. The van der Waals surface area contributed by atoms with Gasteiger partial charge >= 0.3 is 0 Å². The topological polar surface area (TPSA) is 75.6 Å². The second-order valence-corrected chi connectivity index (χ2v) is 5.93. The van der Waals surface area contributed by atoms with E-state index >= 15 is 0 Å². The van der Waals surface area contributed by atoms with Crippen LogP contribution in [0.5, 0.6) is 0 Å². The Labute approximate surface area is 118 Å². The molecule has 1 aromatic rings. The van der Waals surface area contributed by atoms with Crippen molar-refractivity contribution in [1.29, 1.82) is 0 Å². The Morgan fingerprint density at radius 1 is 1.55 bits per heavy atom. The number of likely N-dealkylation sites (tertiary alicyclic amines) is 1. The second kappa shape index (κ2) is 5.46. The fraction of sp³-hybridized carbons (Fsp3) is 0.643. The molecule has 20 heavy (non-hydrogen) atoms. The molecule has 1 N–H and O–H groups in total. The third-order valence-corrected chi connectivity index (χ3v) is 4.10. The zero-order chi connectivity index (χ0) is 14.8. The van der Waals surface area contributed by atoms with Gasteiger partial charge in [0.05, 0.1) is 12.2 Å². The van der Waals surface area contributed by atoms with Crippen molar-refractivity contribution in [2.75, 3.05) is 26.8 Å². The number of ether oxygens (including phenoxy) is 1. The van der Waals surface area contributed by atoms with E-state index in [-0.39, 0.29) is 12.5 Å². The lowest BCUT2D eigenvalue weighted by molar-refractivity contribution is -0.144. The molecule has 0 aromatic carbocycles. The van der Waals surface area contributed by atoms with Crippen molar-refractivity contribution in [2.45, 2.75) is 25.9 Å². The van der Waals surface area contributed by atoms with Crippen LogP contribution in [-0.2, 0) is 4.74 Å². The standard InChI is InChI=1S/C14H21N3O3/c1-13(2)9-17(8-6-14(13,19)10-20-3)12(18)11-5-4-7-15-16-11/h4-5,7,19H,6,8-10H2,1-3H3/t14-/m1/s1. The highest BCUT2D eigenvalue weighted by molar-refractivity contribution is 5.92. The van der Waals surface area contributed by atoms with Crippen LogP contribution in [0.3, 0.4) is 0 Å². The highest BCUT2D eigenvalue weighted by Crippen LogP contribution is 2.39. The number of methoxy groups -OCH3 is 1. The van der Waals surface area contributed by atoms with Crippen LogP contribution in [0, 0.1) is 5.41 Å². The van der Waals surface area contributed by atoms with Gasteiger partial charge in [0.25, 0.3) is 5.91 Å². The van der Waals surface area contributed by atoms with E-state index in [0.717, 1.165) is 0 Å². The van der Waals surface area contributed by atoms with Gasteiger partial charge in [-0.1, -0.05) is 13.8 Å². The Morgan fingerprint density at radius 2 is 2.30 bits per heavy atom. The summed E-state index contributed by atoms with van der Waals surface area (Å²) in [4.78, 5) is 14.1. The average Bonchev–Trinajstić information content (AvgIpc) is 2.42. The van der Waals surface area contributed by atoms with Gasteiger partial charge in [0.15, 0.2) is 5.69 Å². The number of aromatic nitrogens is 2. The lowest BCUT2D eigenvalue weighted by Gasteiger charge is -2.49. The number of hydrogen-bond donors (Lipinski definition) is 1. The third kappa shape index (κ3) is 2.66. The largest absolute Gasteiger partial charge is 0.387 e. The minimum atomic E-state index is -0.916. The summed E-state index contributed by atoms with van der Waals surface area (Å²) in [5.74, 6) is -0.148. The molecular weight excluding hydrogens is 258 g/mol. The van der Waals surface area contributed by atoms with Gasteiger partial charge in [0.1, 0.15) is 0 Å². The first kappa shape index (κ1) is 14.9. The van der Waals surface area contributed by atoms with Crippen LogP contribution in [0.1, 0.15) is 30.8 Å². The molecule has 0 spiro atoms. The molecule has 0 bridgehead atoms. The molecule has 0 aliphatic carbocycles. The number of carbonyl (C=O) groups excluding carboxylic acids is 1. The lowest BCUT2D eigenvalue weighted by Crippen LogP contribution is -2.60. The van der Waals surface area contributed by atoms with Gasteiger partial charge in [-0.2, -0.15) is 5.10 Å². The minimum Gasteiger partial charge on any atom is -0.387 e. The van der Waals surface area contributed by atoms with Gasteiger partial charge in [-0.15, -0.1) is 5.10 Å². The molecule has 110 valence electrons. The zero-order valence-electron chi connectivity index (χ0n) is 12.2. The molecule has 6 nitrogen and oxygen atoms in total. The smallest absolute Gasteiger partial charge is 0.274 e. The second-order valence-electron chi connectivity index (χ2n) is 5.93. The molecule has 1 saturated heterocycles. The summed E-state index contributed by atoms with van der Waals surface area (Å²) in [6.45, 7) is 5.11. The maximum atomic E-state index is 12.4. The van der Waals surface area contributed by atoms with Gasteiger partial charge in [-0.05, 0) is 18.6 Å². The quantitative estimate of drug-likeness (QED) is 0.882. The molecule has 1 atom stereocenters. The van der Waals surface area contributed by atoms with E-state index in [0.29, 0.717) is 25.2 Å². The van der Waals surface area contributed by atoms with Gasteiger partial charge in [-0.25, -0.2) is 0 Å². The first-order chi connectivity index (χ1) is 9.39. The number of piperidine rings is 1. The Balaban J connectivity index is 2.14. The Bertz CT molecular complexity index is 478. The Hall–Kier alpha value is -1.53. The monoisotopic (exact) mass is 279 g/mol. The summed E-state index contributed by atoms with van der Waals surface area (Å²) in [7, 11) is 1.57. The lowest BCUT2D eigenvalue weighted by atomic mass is 9.70. The molecule has 1 fully saturated rings. The summed E-state index contributed by atoms with van der Waals surface area (Å²) < 4.78 is 5.12. The summed E-state index contributed by atoms with van der Waals surface area (Å²) in [6, 6.07) is 3.34. The molecule has 2 heterocycles.